The van der Waals surface area contributed by atoms with Crippen LogP contribution in [0.1, 0.15) is 42.5 Å². The van der Waals surface area contributed by atoms with Crippen molar-refractivity contribution in [3.8, 4) is 0 Å². The fraction of sp³-hybridized carbons (Fsp3) is 0.368. The van der Waals surface area contributed by atoms with Crippen molar-refractivity contribution in [1.29, 1.82) is 0 Å². The lowest BCUT2D eigenvalue weighted by Gasteiger charge is -2.41. The molecule has 2 atom stereocenters. The molecule has 1 heterocycles. The van der Waals surface area contributed by atoms with Crippen LogP contribution in [0.15, 0.2) is 60.7 Å². The Morgan fingerprint density at radius 2 is 1.62 bits per heavy atom. The molecular formula is C19H23NO. The van der Waals surface area contributed by atoms with E-state index in [9.17, 15) is 5.11 Å². The van der Waals surface area contributed by atoms with E-state index in [-0.39, 0.29) is 12.6 Å². The maximum Gasteiger partial charge on any atom is 0.0628 e. The first-order chi connectivity index (χ1) is 10.4. The zero-order valence-corrected chi connectivity index (χ0v) is 12.4. The SMILES string of the molecule is OC[C@@H](c1ccccc1)N1CCCC[C@@H]1c1ccccc1. The molecule has 3 rings (SSSR count). The summed E-state index contributed by atoms with van der Waals surface area (Å²) >= 11 is 0. The number of nitrogens with zero attached hydrogens (tertiary/aromatic N) is 1. The summed E-state index contributed by atoms with van der Waals surface area (Å²) in [5, 5.41) is 9.95. The van der Waals surface area contributed by atoms with E-state index >= 15 is 0 Å². The average Bonchev–Trinajstić information content (AvgIpc) is 2.58. The van der Waals surface area contributed by atoms with Crippen LogP contribution in [0.5, 0.6) is 0 Å². The van der Waals surface area contributed by atoms with Gasteiger partial charge in [-0.2, -0.15) is 0 Å². The van der Waals surface area contributed by atoms with Crippen LogP contribution < -0.4 is 0 Å². The molecule has 1 N–H and O–H groups in total. The van der Waals surface area contributed by atoms with Crippen molar-refractivity contribution in [2.24, 2.45) is 0 Å². The standard InChI is InChI=1S/C19H23NO/c21-15-19(17-11-5-2-6-12-17)20-14-8-7-13-18(20)16-9-3-1-4-10-16/h1-6,9-12,18-19,21H,7-8,13-15H2/t18-,19+/m1/s1. The zero-order chi connectivity index (χ0) is 14.5. The van der Waals surface area contributed by atoms with Gasteiger partial charge in [-0.25, -0.2) is 0 Å². The Hall–Kier alpha value is -1.64. The summed E-state index contributed by atoms with van der Waals surface area (Å²) in [6, 6.07) is 21.6. The average molecular weight is 281 g/mol. The van der Waals surface area contributed by atoms with E-state index in [1.54, 1.807) is 0 Å². The van der Waals surface area contributed by atoms with Crippen LogP contribution in [0, 0.1) is 0 Å². The van der Waals surface area contributed by atoms with Gasteiger partial charge in [-0.3, -0.25) is 4.90 Å². The minimum Gasteiger partial charge on any atom is -0.394 e. The number of piperidine rings is 1. The summed E-state index contributed by atoms with van der Waals surface area (Å²) in [5.74, 6) is 0. The molecule has 0 saturated carbocycles. The van der Waals surface area contributed by atoms with Crippen molar-refractivity contribution < 1.29 is 5.11 Å². The largest absolute Gasteiger partial charge is 0.394 e. The van der Waals surface area contributed by atoms with E-state index in [1.165, 1.54) is 30.4 Å². The molecule has 0 bridgehead atoms. The Morgan fingerprint density at radius 3 is 2.29 bits per heavy atom. The molecule has 2 aromatic carbocycles. The van der Waals surface area contributed by atoms with Crippen molar-refractivity contribution in [2.75, 3.05) is 13.2 Å². The Balaban J connectivity index is 1.89. The van der Waals surface area contributed by atoms with Crippen LogP contribution >= 0.6 is 0 Å². The summed E-state index contributed by atoms with van der Waals surface area (Å²) in [4.78, 5) is 2.48. The second-order valence-corrected chi connectivity index (χ2v) is 5.77. The second-order valence-electron chi connectivity index (χ2n) is 5.77. The quantitative estimate of drug-likeness (QED) is 0.917. The summed E-state index contributed by atoms with van der Waals surface area (Å²) in [5.41, 5.74) is 2.58. The molecule has 0 aromatic heterocycles. The molecule has 2 nitrogen and oxygen atoms in total. The number of rotatable bonds is 4. The highest BCUT2D eigenvalue weighted by Gasteiger charge is 2.30. The van der Waals surface area contributed by atoms with Crippen molar-refractivity contribution in [2.45, 2.75) is 31.3 Å². The lowest BCUT2D eigenvalue weighted by molar-refractivity contribution is 0.0558. The summed E-state index contributed by atoms with van der Waals surface area (Å²) in [6.45, 7) is 1.23. The molecule has 1 aliphatic rings. The van der Waals surface area contributed by atoms with Crippen LogP contribution in [0.25, 0.3) is 0 Å². The van der Waals surface area contributed by atoms with Gasteiger partial charge in [-0.05, 0) is 30.5 Å². The molecule has 1 aliphatic heterocycles. The van der Waals surface area contributed by atoms with Crippen LogP contribution in [0.4, 0.5) is 0 Å². The summed E-state index contributed by atoms with van der Waals surface area (Å²) in [7, 11) is 0. The highest BCUT2D eigenvalue weighted by Crippen LogP contribution is 2.37. The van der Waals surface area contributed by atoms with Crippen molar-refractivity contribution >= 4 is 0 Å². The molecule has 0 unspecified atom stereocenters. The topological polar surface area (TPSA) is 23.5 Å². The Morgan fingerprint density at radius 1 is 0.952 bits per heavy atom. The Kier molecular flexibility index (Phi) is 4.69. The monoisotopic (exact) mass is 281 g/mol. The van der Waals surface area contributed by atoms with Crippen LogP contribution in [0.2, 0.25) is 0 Å². The predicted octanol–water partition coefficient (Wildman–Crippen LogP) is 3.95. The Labute approximate surface area is 127 Å². The molecule has 0 radical (unpaired) electrons. The molecule has 1 saturated heterocycles. The maximum absolute atomic E-state index is 9.95. The van der Waals surface area contributed by atoms with E-state index in [0.717, 1.165) is 6.54 Å². The lowest BCUT2D eigenvalue weighted by atomic mass is 9.92. The van der Waals surface area contributed by atoms with Crippen LogP contribution in [-0.2, 0) is 0 Å². The first kappa shape index (κ1) is 14.3. The van der Waals surface area contributed by atoms with Gasteiger partial charge in [0.1, 0.15) is 0 Å². The van der Waals surface area contributed by atoms with E-state index < -0.39 is 0 Å². The number of hydrogen-bond donors (Lipinski definition) is 1. The second kappa shape index (κ2) is 6.88. The minimum absolute atomic E-state index is 0.0942. The molecule has 0 amide bonds. The highest BCUT2D eigenvalue weighted by atomic mass is 16.3. The van der Waals surface area contributed by atoms with Crippen molar-refractivity contribution in [3.63, 3.8) is 0 Å². The molecule has 0 spiro atoms. The van der Waals surface area contributed by atoms with Gasteiger partial charge in [0.05, 0.1) is 12.6 Å². The van der Waals surface area contributed by atoms with E-state index in [0.29, 0.717) is 6.04 Å². The van der Waals surface area contributed by atoms with Gasteiger partial charge in [-0.15, -0.1) is 0 Å². The number of likely N-dealkylation sites (tertiary alicyclic amines) is 1. The van der Waals surface area contributed by atoms with E-state index in [2.05, 4.69) is 59.5 Å². The first-order valence-electron chi connectivity index (χ1n) is 7.86. The van der Waals surface area contributed by atoms with Crippen LogP contribution in [-0.4, -0.2) is 23.2 Å². The lowest BCUT2D eigenvalue weighted by Crippen LogP contribution is -2.38. The van der Waals surface area contributed by atoms with Gasteiger partial charge >= 0.3 is 0 Å². The number of hydrogen-bond acceptors (Lipinski definition) is 2. The van der Waals surface area contributed by atoms with Crippen molar-refractivity contribution in [1.82, 2.24) is 4.90 Å². The van der Waals surface area contributed by atoms with Gasteiger partial charge in [-0.1, -0.05) is 67.1 Å². The molecule has 1 fully saturated rings. The minimum atomic E-state index is 0.0942. The van der Waals surface area contributed by atoms with E-state index in [4.69, 9.17) is 0 Å². The highest BCUT2D eigenvalue weighted by molar-refractivity contribution is 5.23. The number of aliphatic hydroxyl groups is 1. The third-order valence-electron chi connectivity index (χ3n) is 4.49. The Bertz CT molecular complexity index is 499. The fourth-order valence-electron chi connectivity index (χ4n) is 3.44. The van der Waals surface area contributed by atoms with E-state index in [1.807, 2.05) is 6.07 Å². The van der Waals surface area contributed by atoms with Gasteiger partial charge in [0.2, 0.25) is 0 Å². The summed E-state index contributed by atoms with van der Waals surface area (Å²) < 4.78 is 0. The maximum atomic E-state index is 9.95. The zero-order valence-electron chi connectivity index (χ0n) is 12.4. The summed E-state index contributed by atoms with van der Waals surface area (Å²) in [6.07, 6.45) is 3.66. The fourth-order valence-corrected chi connectivity index (χ4v) is 3.44. The molecule has 21 heavy (non-hydrogen) atoms. The van der Waals surface area contributed by atoms with Gasteiger partial charge in [0, 0.05) is 6.04 Å². The molecule has 2 heteroatoms. The van der Waals surface area contributed by atoms with Crippen LogP contribution in [0.3, 0.4) is 0 Å². The smallest absolute Gasteiger partial charge is 0.0628 e. The molecular weight excluding hydrogens is 258 g/mol. The molecule has 0 aliphatic carbocycles. The van der Waals surface area contributed by atoms with Gasteiger partial charge in [0.15, 0.2) is 0 Å². The molecule has 110 valence electrons. The van der Waals surface area contributed by atoms with Crippen molar-refractivity contribution in [3.05, 3.63) is 71.8 Å². The predicted molar refractivity (Wildman–Crippen MR) is 86.0 cm³/mol. The molecule has 2 aromatic rings. The number of benzene rings is 2. The normalized spacial score (nSPS) is 21.1. The van der Waals surface area contributed by atoms with Gasteiger partial charge in [0.25, 0.3) is 0 Å². The van der Waals surface area contributed by atoms with Gasteiger partial charge < -0.3 is 5.11 Å². The third-order valence-corrected chi connectivity index (χ3v) is 4.49. The number of aliphatic hydroxyl groups excluding tert-OH is 1. The third kappa shape index (κ3) is 3.17. The first-order valence-corrected chi connectivity index (χ1v) is 7.86.